The van der Waals surface area contributed by atoms with Crippen LogP contribution in [0.4, 0.5) is 11.5 Å². The molecule has 204 valence electrons. The van der Waals surface area contributed by atoms with E-state index in [-0.39, 0.29) is 17.4 Å². The molecule has 0 aliphatic carbocycles. The van der Waals surface area contributed by atoms with Gasteiger partial charge in [0.1, 0.15) is 12.2 Å². The maximum absolute atomic E-state index is 11.3. The van der Waals surface area contributed by atoms with E-state index in [1.165, 1.54) is 16.3 Å². The molecule has 0 bridgehead atoms. The first-order valence-electron chi connectivity index (χ1n) is 12.6. The number of imidazole rings is 1. The molecule has 4 atom stereocenters. The van der Waals surface area contributed by atoms with E-state index >= 15 is 0 Å². The lowest BCUT2D eigenvalue weighted by molar-refractivity contribution is -0.0355. The summed E-state index contributed by atoms with van der Waals surface area (Å²) in [5.41, 5.74) is 1.41. The van der Waals surface area contributed by atoms with Gasteiger partial charge in [-0.3, -0.25) is 9.13 Å². The molecule has 2 aromatic heterocycles. The average Bonchev–Trinajstić information content (AvgIpc) is 3.46. The summed E-state index contributed by atoms with van der Waals surface area (Å²) in [5, 5.41) is 31.2. The van der Waals surface area contributed by atoms with E-state index < -0.39 is 38.3 Å². The van der Waals surface area contributed by atoms with Gasteiger partial charge in [0, 0.05) is 11.1 Å². The summed E-state index contributed by atoms with van der Waals surface area (Å²) in [6, 6.07) is 18.6. The van der Waals surface area contributed by atoms with Crippen molar-refractivity contribution in [2.24, 2.45) is 0 Å². The van der Waals surface area contributed by atoms with Gasteiger partial charge in [-0.25, -0.2) is 4.98 Å². The number of anilines is 2. The van der Waals surface area contributed by atoms with E-state index in [9.17, 15) is 24.6 Å². The molecule has 40 heavy (non-hydrogen) atoms. The first-order valence-corrected chi connectivity index (χ1v) is 14.8. The Labute approximate surface area is 231 Å². The van der Waals surface area contributed by atoms with Crippen LogP contribution in [0.1, 0.15) is 12.6 Å². The summed E-state index contributed by atoms with van der Waals surface area (Å²) in [7, 11) is -4.31. The maximum atomic E-state index is 11.3. The Morgan fingerprint density at radius 1 is 0.950 bits per heavy atom. The lowest BCUT2D eigenvalue weighted by Crippen LogP contribution is -2.31. The van der Waals surface area contributed by atoms with Crippen molar-refractivity contribution < 1.29 is 29.3 Å². The lowest BCUT2D eigenvalue weighted by Gasteiger charge is -2.17. The monoisotopic (exact) mass is 579 g/mol. The van der Waals surface area contributed by atoms with E-state index in [0.29, 0.717) is 11.3 Å². The quantitative estimate of drug-likeness (QED) is 0.109. The molecular formula is C27H23ClN5O6P. The van der Waals surface area contributed by atoms with Crippen LogP contribution in [0, 0.1) is 0 Å². The fraction of sp³-hybridized carbons (Fsp3) is 0.222. The molecule has 11 nitrogen and oxygen atoms in total. The Kier molecular flexibility index (Phi) is 5.95. The molecule has 1 aliphatic heterocycles. The molecule has 1 unspecified atom stereocenters. The minimum absolute atomic E-state index is 0.0689. The Bertz CT molecular complexity index is 1950. The van der Waals surface area contributed by atoms with Gasteiger partial charge in [-0.1, -0.05) is 48.5 Å². The van der Waals surface area contributed by atoms with Gasteiger partial charge in [-0.05, 0) is 51.0 Å². The second-order valence-electron chi connectivity index (χ2n) is 9.98. The number of nitrogens with zero attached hydrogens (tertiary/aromatic N) is 4. The molecule has 6 aromatic rings. The normalized spacial score (nSPS) is 21.8. The smallest absolute Gasteiger partial charge is 0.325 e. The number of fused-ring (bicyclic) bond motifs is 1. The van der Waals surface area contributed by atoms with Crippen LogP contribution in [0.15, 0.2) is 60.9 Å². The molecule has 7 rings (SSSR count). The zero-order valence-electron chi connectivity index (χ0n) is 20.7. The van der Waals surface area contributed by atoms with Crippen LogP contribution in [0.2, 0.25) is 5.28 Å². The summed E-state index contributed by atoms with van der Waals surface area (Å²) in [6.07, 6.45) is -4.06. The van der Waals surface area contributed by atoms with Crippen molar-refractivity contribution in [3.63, 3.8) is 0 Å². The zero-order valence-corrected chi connectivity index (χ0v) is 22.4. The number of hydrogen-bond acceptors (Lipinski definition) is 8. The number of benzene rings is 4. The molecule has 13 heteroatoms. The highest BCUT2D eigenvalue weighted by Gasteiger charge is 2.44. The van der Waals surface area contributed by atoms with Gasteiger partial charge in [-0.15, -0.1) is 0 Å². The van der Waals surface area contributed by atoms with Gasteiger partial charge in [0.25, 0.3) is 0 Å². The second-order valence-corrected chi connectivity index (χ2v) is 12.1. The van der Waals surface area contributed by atoms with Crippen molar-refractivity contribution in [1.29, 1.82) is 0 Å². The SMILES string of the molecule is O=P(O)(O)CC[C@H]1O[C@@H](n2cnc3c(Nc4ccc5ccc6cccc7ccc4c5c67)nc(Cl)nc32)[C@@H](O)C1O. The summed E-state index contributed by atoms with van der Waals surface area (Å²) >= 11 is 6.32. The number of aromatic nitrogens is 4. The minimum Gasteiger partial charge on any atom is -0.388 e. The van der Waals surface area contributed by atoms with Crippen LogP contribution in [-0.4, -0.2) is 64.0 Å². The van der Waals surface area contributed by atoms with Crippen LogP contribution < -0.4 is 5.32 Å². The Morgan fingerprint density at radius 3 is 2.40 bits per heavy atom. The topological polar surface area (TPSA) is 163 Å². The highest BCUT2D eigenvalue weighted by molar-refractivity contribution is 7.51. The van der Waals surface area contributed by atoms with E-state index in [1.807, 2.05) is 18.2 Å². The largest absolute Gasteiger partial charge is 0.388 e. The van der Waals surface area contributed by atoms with Gasteiger partial charge in [-0.2, -0.15) is 9.97 Å². The summed E-state index contributed by atoms with van der Waals surface area (Å²) < 4.78 is 18.6. The van der Waals surface area contributed by atoms with Crippen LogP contribution in [0.3, 0.4) is 0 Å². The molecule has 1 saturated heterocycles. The number of hydrogen-bond donors (Lipinski definition) is 5. The van der Waals surface area contributed by atoms with Gasteiger partial charge in [0.2, 0.25) is 5.28 Å². The van der Waals surface area contributed by atoms with Crippen molar-refractivity contribution in [2.75, 3.05) is 11.5 Å². The second kappa shape index (κ2) is 9.32. The highest BCUT2D eigenvalue weighted by Crippen LogP contribution is 2.41. The predicted molar refractivity (Wildman–Crippen MR) is 151 cm³/mol. The van der Waals surface area contributed by atoms with Crippen LogP contribution in [0.5, 0.6) is 0 Å². The number of nitrogens with one attached hydrogen (secondary N) is 1. The molecule has 1 aliphatic rings. The third-order valence-electron chi connectivity index (χ3n) is 7.49. The minimum atomic E-state index is -4.31. The molecule has 4 aromatic carbocycles. The van der Waals surface area contributed by atoms with Crippen LogP contribution in [0.25, 0.3) is 43.5 Å². The summed E-state index contributed by atoms with van der Waals surface area (Å²) in [5.74, 6) is 0.342. The predicted octanol–water partition coefficient (Wildman–Crippen LogP) is 4.31. The lowest BCUT2D eigenvalue weighted by atomic mass is 9.93. The highest BCUT2D eigenvalue weighted by atomic mass is 35.5. The number of rotatable bonds is 6. The van der Waals surface area contributed by atoms with Crippen LogP contribution in [-0.2, 0) is 9.30 Å². The molecular weight excluding hydrogens is 557 g/mol. The van der Waals surface area contributed by atoms with E-state index in [1.54, 1.807) is 0 Å². The van der Waals surface area contributed by atoms with Crippen LogP contribution >= 0.6 is 19.2 Å². The van der Waals surface area contributed by atoms with E-state index in [0.717, 1.165) is 32.6 Å². The zero-order chi connectivity index (χ0) is 27.8. The van der Waals surface area contributed by atoms with Crippen molar-refractivity contribution in [1.82, 2.24) is 19.5 Å². The number of halogens is 1. The fourth-order valence-electron chi connectivity index (χ4n) is 5.63. The molecule has 1 fully saturated rings. The fourth-order valence-corrected chi connectivity index (χ4v) is 6.38. The van der Waals surface area contributed by atoms with Gasteiger partial charge in [0.15, 0.2) is 23.2 Å². The molecule has 0 amide bonds. The van der Waals surface area contributed by atoms with Gasteiger partial charge in [0.05, 0.1) is 18.6 Å². The van der Waals surface area contributed by atoms with Crippen molar-refractivity contribution >= 4 is 74.2 Å². The van der Waals surface area contributed by atoms with Crippen molar-refractivity contribution in [2.45, 2.75) is 31.0 Å². The standard InChI is InChI=1S/C27H23ClN5O6P/c28-27-31-24(30-17-9-7-15-5-4-13-2-1-3-14-6-8-16(17)20(15)19(13)14)21-25(32-27)33(12-29-21)26-23(35)22(34)18(39-26)10-11-40(36,37)38/h1-9,12,18,22-23,26,34-35H,10-11H2,(H,30,31,32)(H2,36,37,38)/t18-,22?,23+,26-/m1/s1. The third-order valence-corrected chi connectivity index (χ3v) is 8.50. The van der Waals surface area contributed by atoms with E-state index in [2.05, 4.69) is 56.7 Å². The molecule has 0 saturated carbocycles. The molecule has 3 heterocycles. The van der Waals surface area contributed by atoms with E-state index in [4.69, 9.17) is 16.3 Å². The third kappa shape index (κ3) is 4.18. The average molecular weight is 580 g/mol. The number of aliphatic hydroxyl groups is 2. The Hall–Kier alpha value is -3.41. The first kappa shape index (κ1) is 25.6. The number of ether oxygens (including phenoxy) is 1. The van der Waals surface area contributed by atoms with Gasteiger partial charge < -0.3 is 30.1 Å². The summed E-state index contributed by atoms with van der Waals surface area (Å²) in [4.78, 5) is 31.5. The molecule has 5 N–H and O–H groups in total. The Balaban J connectivity index is 1.28. The first-order chi connectivity index (χ1) is 19.2. The number of aliphatic hydroxyl groups excluding tert-OH is 2. The van der Waals surface area contributed by atoms with Crippen molar-refractivity contribution in [3.05, 3.63) is 66.2 Å². The maximum Gasteiger partial charge on any atom is 0.325 e. The summed E-state index contributed by atoms with van der Waals surface area (Å²) in [6.45, 7) is 0. The van der Waals surface area contributed by atoms with Gasteiger partial charge >= 0.3 is 7.60 Å². The molecule has 0 spiro atoms. The Morgan fingerprint density at radius 2 is 1.65 bits per heavy atom. The van der Waals surface area contributed by atoms with Crippen molar-refractivity contribution in [3.8, 4) is 0 Å². The molecule has 0 radical (unpaired) electrons.